The van der Waals surface area contributed by atoms with Crippen molar-refractivity contribution < 1.29 is 9.84 Å². The Morgan fingerprint density at radius 2 is 2.17 bits per heavy atom. The van der Waals surface area contributed by atoms with Crippen molar-refractivity contribution in [1.29, 1.82) is 0 Å². The average Bonchev–Trinajstić information content (AvgIpc) is 2.54. The molecule has 0 atom stereocenters. The van der Waals surface area contributed by atoms with Crippen molar-refractivity contribution in [3.05, 3.63) is 23.6 Å². The van der Waals surface area contributed by atoms with Gasteiger partial charge in [-0.3, -0.25) is 0 Å². The zero-order valence-corrected chi connectivity index (χ0v) is 7.39. The first-order valence-electron chi connectivity index (χ1n) is 3.56. The fourth-order valence-electron chi connectivity index (χ4n) is 1.18. The summed E-state index contributed by atoms with van der Waals surface area (Å²) in [5.74, 6) is 1.13. The summed E-state index contributed by atoms with van der Waals surface area (Å²) >= 11 is 1.57. The summed E-state index contributed by atoms with van der Waals surface area (Å²) in [5, 5.41) is 12.2. The van der Waals surface area contributed by atoms with E-state index < -0.39 is 0 Å². The summed E-state index contributed by atoms with van der Waals surface area (Å²) in [5.41, 5.74) is 0. The van der Waals surface area contributed by atoms with Crippen LogP contribution in [-0.2, 0) is 0 Å². The molecule has 1 N–H and O–H groups in total. The van der Waals surface area contributed by atoms with Crippen LogP contribution >= 0.6 is 11.3 Å². The Morgan fingerprint density at radius 1 is 1.33 bits per heavy atom. The Morgan fingerprint density at radius 3 is 2.92 bits per heavy atom. The smallest absolute Gasteiger partial charge is 0.136 e. The van der Waals surface area contributed by atoms with E-state index in [4.69, 9.17) is 4.74 Å². The molecule has 0 amide bonds. The van der Waals surface area contributed by atoms with Gasteiger partial charge in [0.15, 0.2) is 0 Å². The van der Waals surface area contributed by atoms with Gasteiger partial charge in [0, 0.05) is 5.39 Å². The van der Waals surface area contributed by atoms with Gasteiger partial charge in [-0.15, -0.1) is 11.3 Å². The molecule has 0 fully saturated rings. The number of phenolic OH excluding ortho intramolecular Hbond substituents is 1. The highest BCUT2D eigenvalue weighted by Gasteiger charge is 2.05. The van der Waals surface area contributed by atoms with Crippen molar-refractivity contribution in [2.24, 2.45) is 0 Å². The second-order valence-corrected chi connectivity index (χ2v) is 3.37. The van der Waals surface area contributed by atoms with E-state index in [-0.39, 0.29) is 0 Å². The fraction of sp³-hybridized carbons (Fsp3) is 0.111. The number of benzene rings is 1. The molecular weight excluding hydrogens is 172 g/mol. The molecule has 0 aliphatic rings. The van der Waals surface area contributed by atoms with Crippen LogP contribution in [-0.4, -0.2) is 12.2 Å². The summed E-state index contributed by atoms with van der Waals surface area (Å²) in [4.78, 5) is 0. The summed E-state index contributed by atoms with van der Waals surface area (Å²) in [7, 11) is 1.63. The first-order chi connectivity index (χ1) is 5.83. The lowest BCUT2D eigenvalue weighted by molar-refractivity contribution is 0.419. The molecule has 0 saturated carbocycles. The highest BCUT2D eigenvalue weighted by atomic mass is 32.1. The van der Waals surface area contributed by atoms with Crippen molar-refractivity contribution in [3.8, 4) is 11.5 Å². The minimum atomic E-state index is 0.312. The van der Waals surface area contributed by atoms with Crippen molar-refractivity contribution in [3.63, 3.8) is 0 Å². The molecule has 2 rings (SSSR count). The molecule has 1 aromatic heterocycles. The van der Waals surface area contributed by atoms with E-state index in [1.807, 2.05) is 11.4 Å². The van der Waals surface area contributed by atoms with Crippen molar-refractivity contribution in [2.75, 3.05) is 7.11 Å². The summed E-state index contributed by atoms with van der Waals surface area (Å²) in [6.45, 7) is 0. The molecule has 2 aromatic rings. The number of hydrogen-bond acceptors (Lipinski definition) is 3. The van der Waals surface area contributed by atoms with Gasteiger partial charge in [-0.05, 0) is 23.6 Å². The SMILES string of the molecule is COc1ccc(O)c2ccsc12. The summed E-state index contributed by atoms with van der Waals surface area (Å²) in [6.07, 6.45) is 0. The second-order valence-electron chi connectivity index (χ2n) is 2.45. The maximum absolute atomic E-state index is 9.43. The van der Waals surface area contributed by atoms with Crippen LogP contribution in [0.3, 0.4) is 0 Å². The van der Waals surface area contributed by atoms with Gasteiger partial charge in [0.25, 0.3) is 0 Å². The van der Waals surface area contributed by atoms with Crippen LogP contribution in [0.1, 0.15) is 0 Å². The van der Waals surface area contributed by atoms with Crippen LogP contribution in [0, 0.1) is 0 Å². The number of fused-ring (bicyclic) bond motifs is 1. The first kappa shape index (κ1) is 7.43. The number of methoxy groups -OCH3 is 1. The zero-order valence-electron chi connectivity index (χ0n) is 6.57. The molecule has 0 bridgehead atoms. The molecule has 1 aromatic carbocycles. The van der Waals surface area contributed by atoms with Crippen molar-refractivity contribution in [2.45, 2.75) is 0 Å². The number of phenols is 1. The molecule has 0 unspecified atom stereocenters. The Bertz CT molecular complexity index is 406. The molecule has 0 spiro atoms. The predicted molar refractivity (Wildman–Crippen MR) is 50.0 cm³/mol. The number of hydrogen-bond donors (Lipinski definition) is 1. The van der Waals surface area contributed by atoms with E-state index >= 15 is 0 Å². The van der Waals surface area contributed by atoms with Crippen LogP contribution in [0.2, 0.25) is 0 Å². The lowest BCUT2D eigenvalue weighted by Crippen LogP contribution is -1.81. The Balaban J connectivity index is 2.82. The van der Waals surface area contributed by atoms with Crippen LogP contribution in [0.25, 0.3) is 10.1 Å². The van der Waals surface area contributed by atoms with E-state index in [2.05, 4.69) is 0 Å². The van der Waals surface area contributed by atoms with Gasteiger partial charge < -0.3 is 9.84 Å². The Hall–Kier alpha value is -1.22. The molecule has 0 aliphatic heterocycles. The third-order valence-electron chi connectivity index (χ3n) is 1.78. The zero-order chi connectivity index (χ0) is 8.55. The van der Waals surface area contributed by atoms with Crippen LogP contribution in [0.15, 0.2) is 23.6 Å². The lowest BCUT2D eigenvalue weighted by atomic mass is 10.2. The molecule has 0 radical (unpaired) electrons. The highest BCUT2D eigenvalue weighted by Crippen LogP contribution is 2.35. The normalized spacial score (nSPS) is 10.4. The number of thiophene rings is 1. The predicted octanol–water partition coefficient (Wildman–Crippen LogP) is 2.62. The van der Waals surface area contributed by atoms with E-state index in [0.29, 0.717) is 5.75 Å². The maximum Gasteiger partial charge on any atom is 0.136 e. The van der Waals surface area contributed by atoms with E-state index in [0.717, 1.165) is 15.8 Å². The third kappa shape index (κ3) is 0.940. The van der Waals surface area contributed by atoms with Crippen LogP contribution in [0.4, 0.5) is 0 Å². The minimum Gasteiger partial charge on any atom is -0.507 e. The van der Waals surface area contributed by atoms with Gasteiger partial charge >= 0.3 is 0 Å². The van der Waals surface area contributed by atoms with E-state index in [1.165, 1.54) is 0 Å². The fourth-order valence-corrected chi connectivity index (χ4v) is 2.09. The standard InChI is InChI=1S/C9H8O2S/c1-11-8-3-2-7(10)6-4-5-12-9(6)8/h2-5,10H,1H3. The van der Waals surface area contributed by atoms with Crippen LogP contribution in [0.5, 0.6) is 11.5 Å². The highest BCUT2D eigenvalue weighted by molar-refractivity contribution is 7.17. The molecular formula is C9H8O2S. The van der Waals surface area contributed by atoms with Crippen LogP contribution < -0.4 is 4.74 Å². The average molecular weight is 180 g/mol. The molecule has 3 heteroatoms. The maximum atomic E-state index is 9.43. The van der Waals surface area contributed by atoms with Gasteiger partial charge in [-0.1, -0.05) is 0 Å². The Kier molecular flexibility index (Phi) is 1.66. The van der Waals surface area contributed by atoms with Crippen molar-refractivity contribution >= 4 is 21.4 Å². The third-order valence-corrected chi connectivity index (χ3v) is 2.71. The van der Waals surface area contributed by atoms with Gasteiger partial charge in [-0.25, -0.2) is 0 Å². The van der Waals surface area contributed by atoms with E-state index in [1.54, 1.807) is 30.6 Å². The van der Waals surface area contributed by atoms with Gasteiger partial charge in [0.1, 0.15) is 11.5 Å². The number of rotatable bonds is 1. The quantitative estimate of drug-likeness (QED) is 0.731. The summed E-state index contributed by atoms with van der Waals surface area (Å²) in [6, 6.07) is 5.31. The first-order valence-corrected chi connectivity index (χ1v) is 4.44. The van der Waals surface area contributed by atoms with Crippen molar-refractivity contribution in [1.82, 2.24) is 0 Å². The van der Waals surface area contributed by atoms with Gasteiger partial charge in [0.05, 0.1) is 11.8 Å². The lowest BCUT2D eigenvalue weighted by Gasteiger charge is -2.01. The monoisotopic (exact) mass is 180 g/mol. The molecule has 1 heterocycles. The topological polar surface area (TPSA) is 29.5 Å². The minimum absolute atomic E-state index is 0.312. The molecule has 12 heavy (non-hydrogen) atoms. The number of aromatic hydroxyl groups is 1. The second kappa shape index (κ2) is 2.68. The summed E-state index contributed by atoms with van der Waals surface area (Å²) < 4.78 is 6.14. The molecule has 0 saturated heterocycles. The Labute approximate surface area is 74.0 Å². The largest absolute Gasteiger partial charge is 0.507 e. The van der Waals surface area contributed by atoms with Gasteiger partial charge in [-0.2, -0.15) is 0 Å². The molecule has 2 nitrogen and oxygen atoms in total. The number of ether oxygens (including phenoxy) is 1. The molecule has 0 aliphatic carbocycles. The molecule has 62 valence electrons. The van der Waals surface area contributed by atoms with E-state index in [9.17, 15) is 5.11 Å². The van der Waals surface area contributed by atoms with Gasteiger partial charge in [0.2, 0.25) is 0 Å².